The first-order valence-electron chi connectivity index (χ1n) is 6.28. The summed E-state index contributed by atoms with van der Waals surface area (Å²) >= 11 is 0. The normalized spacial score (nSPS) is 21.1. The first-order chi connectivity index (χ1) is 9.54. The topological polar surface area (TPSA) is 81.7 Å². The Balaban J connectivity index is 1.84. The summed E-state index contributed by atoms with van der Waals surface area (Å²) in [5.74, 6) is -0.852. The van der Waals surface area contributed by atoms with E-state index >= 15 is 0 Å². The first-order valence-corrected chi connectivity index (χ1v) is 6.28. The van der Waals surface area contributed by atoms with Crippen molar-refractivity contribution in [2.24, 2.45) is 0 Å². The highest BCUT2D eigenvalue weighted by Crippen LogP contribution is 2.19. The fourth-order valence-corrected chi connectivity index (χ4v) is 1.99. The number of carbonyl (C=O) groups excluding carboxylic acids is 3. The molecule has 2 rings (SSSR count). The number of carbonyl (C=O) groups is 3. The molecule has 1 amide bonds. The maximum absolute atomic E-state index is 11.7. The molecule has 1 aromatic rings. The van der Waals surface area contributed by atoms with E-state index in [0.29, 0.717) is 5.75 Å². The van der Waals surface area contributed by atoms with Gasteiger partial charge in [0, 0.05) is 13.3 Å². The van der Waals surface area contributed by atoms with Crippen LogP contribution >= 0.6 is 0 Å². The second kappa shape index (κ2) is 6.18. The number of cyclic esters (lactones) is 1. The van der Waals surface area contributed by atoms with Gasteiger partial charge in [0.1, 0.15) is 17.9 Å². The van der Waals surface area contributed by atoms with E-state index in [9.17, 15) is 14.4 Å². The number of esters is 2. The maximum atomic E-state index is 11.7. The second-order valence-electron chi connectivity index (χ2n) is 4.54. The number of amides is 1. The van der Waals surface area contributed by atoms with Crippen molar-refractivity contribution in [3.05, 3.63) is 30.3 Å². The Morgan fingerprint density at radius 3 is 2.70 bits per heavy atom. The van der Waals surface area contributed by atoms with Gasteiger partial charge in [0.05, 0.1) is 6.42 Å². The lowest BCUT2D eigenvalue weighted by atomic mass is 10.1. The third-order valence-corrected chi connectivity index (χ3v) is 2.81. The number of hydrogen-bond acceptors (Lipinski definition) is 5. The van der Waals surface area contributed by atoms with Gasteiger partial charge in [0.15, 0.2) is 0 Å². The van der Waals surface area contributed by atoms with Crippen LogP contribution in [0.15, 0.2) is 30.3 Å². The van der Waals surface area contributed by atoms with E-state index in [2.05, 4.69) is 5.32 Å². The van der Waals surface area contributed by atoms with Crippen LogP contribution in [-0.4, -0.2) is 30.0 Å². The van der Waals surface area contributed by atoms with E-state index < -0.39 is 24.1 Å². The Morgan fingerprint density at radius 2 is 2.05 bits per heavy atom. The van der Waals surface area contributed by atoms with Crippen LogP contribution in [0.2, 0.25) is 0 Å². The zero-order valence-corrected chi connectivity index (χ0v) is 11.0. The molecule has 2 atom stereocenters. The molecule has 0 saturated carbocycles. The molecular weight excluding hydrogens is 262 g/mol. The Labute approximate surface area is 116 Å². The average molecular weight is 277 g/mol. The van der Waals surface area contributed by atoms with Crippen LogP contribution < -0.4 is 10.1 Å². The highest BCUT2D eigenvalue weighted by atomic mass is 16.6. The lowest BCUT2D eigenvalue weighted by molar-refractivity contribution is -0.146. The third-order valence-electron chi connectivity index (χ3n) is 2.81. The predicted molar refractivity (Wildman–Crippen MR) is 68.8 cm³/mol. The van der Waals surface area contributed by atoms with E-state index in [1.54, 1.807) is 24.3 Å². The van der Waals surface area contributed by atoms with Crippen LogP contribution in [-0.2, 0) is 19.1 Å². The Kier molecular flexibility index (Phi) is 4.34. The number of ether oxygens (including phenoxy) is 2. The summed E-state index contributed by atoms with van der Waals surface area (Å²) in [6, 6.07) is 7.98. The van der Waals surface area contributed by atoms with E-state index in [0.717, 1.165) is 0 Å². The Bertz CT molecular complexity index is 514. The van der Waals surface area contributed by atoms with Crippen molar-refractivity contribution in [3.8, 4) is 5.75 Å². The number of nitrogens with one attached hydrogen (secondary N) is 1. The van der Waals surface area contributed by atoms with E-state index in [1.165, 1.54) is 6.92 Å². The largest absolute Gasteiger partial charge is 0.460 e. The van der Waals surface area contributed by atoms with Gasteiger partial charge in [0.2, 0.25) is 5.91 Å². The molecule has 0 aromatic heterocycles. The molecule has 0 aliphatic carbocycles. The van der Waals surface area contributed by atoms with Gasteiger partial charge in [-0.15, -0.1) is 0 Å². The van der Waals surface area contributed by atoms with Crippen LogP contribution in [0.4, 0.5) is 0 Å². The van der Waals surface area contributed by atoms with Crippen LogP contribution in [0, 0.1) is 0 Å². The zero-order chi connectivity index (χ0) is 14.5. The van der Waals surface area contributed by atoms with E-state index in [4.69, 9.17) is 9.47 Å². The summed E-state index contributed by atoms with van der Waals surface area (Å²) in [4.78, 5) is 34.1. The number of para-hydroxylation sites is 1. The Hall–Kier alpha value is -2.37. The first kappa shape index (κ1) is 14.0. The van der Waals surface area contributed by atoms with Crippen LogP contribution in [0.25, 0.3) is 0 Å². The molecule has 1 aromatic carbocycles. The lowest BCUT2D eigenvalue weighted by Crippen LogP contribution is -2.36. The average Bonchev–Trinajstić information content (AvgIpc) is 2.69. The third kappa shape index (κ3) is 3.81. The van der Waals surface area contributed by atoms with Crippen LogP contribution in [0.5, 0.6) is 5.75 Å². The summed E-state index contributed by atoms with van der Waals surface area (Å²) < 4.78 is 10.1. The van der Waals surface area contributed by atoms with Gasteiger partial charge >= 0.3 is 11.9 Å². The van der Waals surface area contributed by atoms with Gasteiger partial charge in [-0.3, -0.25) is 9.59 Å². The summed E-state index contributed by atoms with van der Waals surface area (Å²) in [6.45, 7) is 1.32. The SMILES string of the molecule is CC(=O)N[C@H]1C[C@@H](CC(=O)Oc2ccccc2)OC1=O. The number of hydrogen-bond donors (Lipinski definition) is 1. The lowest BCUT2D eigenvalue weighted by Gasteiger charge is -2.08. The molecule has 6 nitrogen and oxygen atoms in total. The predicted octanol–water partition coefficient (Wildman–Crippen LogP) is 0.802. The minimum atomic E-state index is -0.679. The summed E-state index contributed by atoms with van der Waals surface area (Å²) in [5, 5.41) is 2.48. The molecular formula is C14H15NO5. The molecule has 1 heterocycles. The maximum Gasteiger partial charge on any atom is 0.329 e. The van der Waals surface area contributed by atoms with Crippen LogP contribution in [0.1, 0.15) is 19.8 Å². The van der Waals surface area contributed by atoms with Crippen LogP contribution in [0.3, 0.4) is 0 Å². The van der Waals surface area contributed by atoms with Crippen molar-refractivity contribution in [1.82, 2.24) is 5.32 Å². The summed E-state index contributed by atoms with van der Waals surface area (Å²) in [6.07, 6.45) is -0.311. The fraction of sp³-hybridized carbons (Fsp3) is 0.357. The quantitative estimate of drug-likeness (QED) is 0.650. The summed E-state index contributed by atoms with van der Waals surface area (Å²) in [5.41, 5.74) is 0. The summed E-state index contributed by atoms with van der Waals surface area (Å²) in [7, 11) is 0. The smallest absolute Gasteiger partial charge is 0.329 e. The minimum absolute atomic E-state index is 0.0310. The number of benzene rings is 1. The molecule has 1 saturated heterocycles. The standard InChI is InChI=1S/C14H15NO5/c1-9(16)15-12-7-11(20-14(12)18)8-13(17)19-10-5-3-2-4-6-10/h2-6,11-12H,7-8H2,1H3,(H,15,16)/t11-,12-/m0/s1. The van der Waals surface area contributed by atoms with Crippen molar-refractivity contribution in [1.29, 1.82) is 0 Å². The van der Waals surface area contributed by atoms with Crippen molar-refractivity contribution >= 4 is 17.8 Å². The molecule has 0 unspecified atom stereocenters. The van der Waals surface area contributed by atoms with Gasteiger partial charge in [-0.2, -0.15) is 0 Å². The second-order valence-corrected chi connectivity index (χ2v) is 4.54. The van der Waals surface area contributed by atoms with Gasteiger partial charge in [0.25, 0.3) is 0 Å². The van der Waals surface area contributed by atoms with Gasteiger partial charge in [-0.1, -0.05) is 18.2 Å². The fourth-order valence-electron chi connectivity index (χ4n) is 1.99. The monoisotopic (exact) mass is 277 g/mol. The number of rotatable bonds is 4. The van der Waals surface area contributed by atoms with Gasteiger partial charge < -0.3 is 14.8 Å². The highest BCUT2D eigenvalue weighted by Gasteiger charge is 2.36. The van der Waals surface area contributed by atoms with Crippen molar-refractivity contribution in [2.45, 2.75) is 31.9 Å². The van der Waals surface area contributed by atoms with E-state index in [-0.39, 0.29) is 18.7 Å². The molecule has 20 heavy (non-hydrogen) atoms. The van der Waals surface area contributed by atoms with E-state index in [1.807, 2.05) is 6.07 Å². The van der Waals surface area contributed by atoms with Gasteiger partial charge in [-0.25, -0.2) is 4.79 Å². The molecule has 1 aliphatic heterocycles. The Morgan fingerprint density at radius 1 is 1.35 bits per heavy atom. The molecule has 1 aliphatic rings. The van der Waals surface area contributed by atoms with Crippen molar-refractivity contribution in [3.63, 3.8) is 0 Å². The molecule has 1 N–H and O–H groups in total. The molecule has 1 fully saturated rings. The molecule has 0 radical (unpaired) electrons. The zero-order valence-electron chi connectivity index (χ0n) is 11.0. The molecule has 6 heteroatoms. The van der Waals surface area contributed by atoms with Gasteiger partial charge in [-0.05, 0) is 12.1 Å². The van der Waals surface area contributed by atoms with Crippen molar-refractivity contribution in [2.75, 3.05) is 0 Å². The highest BCUT2D eigenvalue weighted by molar-refractivity contribution is 5.85. The van der Waals surface area contributed by atoms with Crippen molar-refractivity contribution < 1.29 is 23.9 Å². The minimum Gasteiger partial charge on any atom is -0.460 e. The molecule has 0 bridgehead atoms. The molecule has 0 spiro atoms. The molecule has 106 valence electrons.